The average molecular weight is 514 g/mol. The highest BCUT2D eigenvalue weighted by molar-refractivity contribution is 7.27. The summed E-state index contributed by atoms with van der Waals surface area (Å²) >= 11 is 1.97. The van der Waals surface area contributed by atoms with Crippen molar-refractivity contribution < 1.29 is 4.42 Å². The molecule has 3 aromatic heterocycles. The molecule has 0 saturated heterocycles. The number of aryl methyl sites for hydroxylation is 3. The fourth-order valence-electron chi connectivity index (χ4n) is 6.49. The summed E-state index contributed by atoms with van der Waals surface area (Å²) in [5.41, 5.74) is 10.8. The number of fused-ring (bicyclic) bond motifs is 10. The maximum absolute atomic E-state index is 6.64. The molecule has 0 radical (unpaired) electrons. The van der Waals surface area contributed by atoms with Crippen LogP contribution in [0.25, 0.3) is 59.2 Å². The fraction of sp³-hybridized carbons (Fsp3) is 0.152. The molecule has 0 amide bonds. The zero-order valence-corrected chi connectivity index (χ0v) is 23.5. The van der Waals surface area contributed by atoms with Crippen molar-refractivity contribution in [3.63, 3.8) is 0 Å². The first-order valence-corrected chi connectivity index (χ1v) is 16.8. The molecular weight excluding hydrogens is 487 g/mol. The summed E-state index contributed by atoms with van der Waals surface area (Å²) in [5, 5.41) is 6.98. The van der Waals surface area contributed by atoms with Crippen molar-refractivity contribution in [3.8, 4) is 16.1 Å². The number of rotatable bonds is 1. The Bertz CT molecular complexity index is 2090. The largest absolute Gasteiger partial charge is 0.454 e. The number of furan rings is 1. The van der Waals surface area contributed by atoms with E-state index in [1.165, 1.54) is 69.9 Å². The fourth-order valence-corrected chi connectivity index (χ4v) is 12.1. The minimum absolute atomic E-state index is 0.963. The highest BCUT2D eigenvalue weighted by atomic mass is 32.1. The van der Waals surface area contributed by atoms with Crippen LogP contribution < -0.4 is 10.4 Å². The lowest BCUT2D eigenvalue weighted by atomic mass is 10.1. The molecule has 1 aliphatic heterocycles. The van der Waals surface area contributed by atoms with Gasteiger partial charge in [0.1, 0.15) is 19.2 Å². The summed E-state index contributed by atoms with van der Waals surface area (Å²) in [7, 11) is -1.88. The maximum atomic E-state index is 6.64. The number of thiophene rings is 1. The van der Waals surface area contributed by atoms with Gasteiger partial charge in [0.15, 0.2) is 5.58 Å². The van der Waals surface area contributed by atoms with Crippen LogP contribution in [-0.2, 0) is 0 Å². The predicted molar refractivity (Wildman–Crippen MR) is 162 cm³/mol. The van der Waals surface area contributed by atoms with Gasteiger partial charge in [-0.25, -0.2) is 0 Å². The van der Waals surface area contributed by atoms with Gasteiger partial charge in [-0.15, -0.1) is 11.3 Å². The van der Waals surface area contributed by atoms with Crippen molar-refractivity contribution in [2.24, 2.45) is 0 Å². The van der Waals surface area contributed by atoms with E-state index in [-0.39, 0.29) is 0 Å². The van der Waals surface area contributed by atoms with Crippen molar-refractivity contribution in [1.29, 1.82) is 0 Å². The second-order valence-electron chi connectivity index (χ2n) is 11.3. The van der Waals surface area contributed by atoms with E-state index in [4.69, 9.17) is 4.42 Å². The first-order valence-electron chi connectivity index (χ1n) is 12.9. The van der Waals surface area contributed by atoms with Crippen LogP contribution in [0.5, 0.6) is 0 Å². The minimum Gasteiger partial charge on any atom is -0.454 e. The Labute approximate surface area is 220 Å². The summed E-state index contributed by atoms with van der Waals surface area (Å²) < 4.78 is 10.5. The Morgan fingerprint density at radius 1 is 0.730 bits per heavy atom. The Morgan fingerprint density at radius 2 is 1.43 bits per heavy atom. The molecule has 7 aromatic rings. The predicted octanol–water partition coefficient (Wildman–Crippen LogP) is 8.47. The molecule has 0 saturated carbocycles. The van der Waals surface area contributed by atoms with Gasteiger partial charge in [0, 0.05) is 26.0 Å². The van der Waals surface area contributed by atoms with Crippen LogP contribution in [0.2, 0.25) is 13.1 Å². The van der Waals surface area contributed by atoms with Gasteiger partial charge in [0.2, 0.25) is 0 Å². The molecule has 0 unspecified atom stereocenters. The van der Waals surface area contributed by atoms with E-state index in [1.54, 1.807) is 5.19 Å². The zero-order valence-electron chi connectivity index (χ0n) is 21.7. The third-order valence-electron chi connectivity index (χ3n) is 8.34. The van der Waals surface area contributed by atoms with Crippen LogP contribution in [0.15, 0.2) is 77.2 Å². The summed E-state index contributed by atoms with van der Waals surface area (Å²) in [4.78, 5) is 1.47. The molecule has 0 bridgehead atoms. The van der Waals surface area contributed by atoms with Crippen LogP contribution in [0.3, 0.4) is 0 Å². The standard InChI is InChI=1S/C33H27NOSSi/c1-18-6-10-21(11-7-18)34-26-16-25-29(17-24(26)31-30(34)22-12-8-19(2)14-27(22)35-31)37(4,5)33-23-13-9-20(3)15-28(23)36-32(25)33/h6-17H,1-5H3. The summed E-state index contributed by atoms with van der Waals surface area (Å²) in [6.07, 6.45) is 0. The zero-order chi connectivity index (χ0) is 25.2. The third kappa shape index (κ3) is 2.75. The average Bonchev–Trinajstić information content (AvgIpc) is 3.56. The van der Waals surface area contributed by atoms with Crippen LogP contribution >= 0.6 is 11.3 Å². The first-order chi connectivity index (χ1) is 17.8. The number of hydrogen-bond acceptors (Lipinski definition) is 2. The molecule has 4 heteroatoms. The van der Waals surface area contributed by atoms with Gasteiger partial charge in [-0.2, -0.15) is 0 Å². The van der Waals surface area contributed by atoms with Crippen molar-refractivity contribution in [3.05, 3.63) is 89.5 Å². The van der Waals surface area contributed by atoms with Crippen LogP contribution in [0, 0.1) is 20.8 Å². The number of benzene rings is 4. The van der Waals surface area contributed by atoms with Gasteiger partial charge in [-0.05, 0) is 95.7 Å². The molecule has 0 N–H and O–H groups in total. The van der Waals surface area contributed by atoms with E-state index >= 15 is 0 Å². The van der Waals surface area contributed by atoms with Crippen LogP contribution in [0.1, 0.15) is 16.7 Å². The van der Waals surface area contributed by atoms with E-state index in [0.717, 1.165) is 11.2 Å². The molecule has 2 nitrogen and oxygen atoms in total. The molecule has 180 valence electrons. The van der Waals surface area contributed by atoms with Crippen molar-refractivity contribution in [1.82, 2.24) is 4.57 Å². The molecule has 8 rings (SSSR count). The lowest BCUT2D eigenvalue weighted by Crippen LogP contribution is -2.49. The lowest BCUT2D eigenvalue weighted by Gasteiger charge is -2.19. The molecule has 4 heterocycles. The van der Waals surface area contributed by atoms with Crippen LogP contribution in [-0.4, -0.2) is 12.6 Å². The SMILES string of the molecule is Cc1ccc(-n2c3cc4c(cc3c3oc5cc(C)ccc5c32)[Si](C)(C)c2c-4sc3cc(C)ccc23)cc1. The topological polar surface area (TPSA) is 18.1 Å². The third-order valence-corrected chi connectivity index (χ3v) is 13.2. The summed E-state index contributed by atoms with van der Waals surface area (Å²) in [6, 6.07) is 27.4. The number of hydrogen-bond donors (Lipinski definition) is 0. The lowest BCUT2D eigenvalue weighted by molar-refractivity contribution is 0.672. The molecule has 0 fully saturated rings. The monoisotopic (exact) mass is 513 g/mol. The second kappa shape index (κ2) is 7.03. The minimum atomic E-state index is -1.88. The second-order valence-corrected chi connectivity index (χ2v) is 16.6. The highest BCUT2D eigenvalue weighted by Crippen LogP contribution is 2.44. The number of nitrogens with zero attached hydrogens (tertiary/aromatic N) is 1. The van der Waals surface area contributed by atoms with Gasteiger partial charge in [-0.3, -0.25) is 0 Å². The Balaban J connectivity index is 1.53. The van der Waals surface area contributed by atoms with Gasteiger partial charge in [-0.1, -0.05) is 49.0 Å². The first kappa shape index (κ1) is 21.5. The Kier molecular flexibility index (Phi) is 4.08. The normalized spacial score (nSPS) is 14.3. The highest BCUT2D eigenvalue weighted by Gasteiger charge is 2.41. The van der Waals surface area contributed by atoms with Crippen molar-refractivity contribution in [2.45, 2.75) is 33.9 Å². The van der Waals surface area contributed by atoms with E-state index in [1.807, 2.05) is 11.3 Å². The van der Waals surface area contributed by atoms with Gasteiger partial charge in [0.25, 0.3) is 0 Å². The van der Waals surface area contributed by atoms with E-state index < -0.39 is 8.07 Å². The van der Waals surface area contributed by atoms with Crippen LogP contribution in [0.4, 0.5) is 0 Å². The smallest absolute Gasteiger partial charge is 0.161 e. The molecule has 0 atom stereocenters. The Hall–Kier alpha value is -3.60. The van der Waals surface area contributed by atoms with Gasteiger partial charge >= 0.3 is 0 Å². The van der Waals surface area contributed by atoms with E-state index in [0.29, 0.717) is 0 Å². The quantitative estimate of drug-likeness (QED) is 0.201. The molecule has 4 aromatic carbocycles. The molecule has 1 aliphatic rings. The molecule has 0 aliphatic carbocycles. The Morgan fingerprint density at radius 3 is 2.22 bits per heavy atom. The van der Waals surface area contributed by atoms with E-state index in [2.05, 4.69) is 111 Å². The molecule has 0 spiro atoms. The summed E-state index contributed by atoms with van der Waals surface area (Å²) in [6.45, 7) is 11.5. The molecule has 37 heavy (non-hydrogen) atoms. The maximum Gasteiger partial charge on any atom is 0.161 e. The van der Waals surface area contributed by atoms with Crippen molar-refractivity contribution >= 4 is 72.8 Å². The summed E-state index contributed by atoms with van der Waals surface area (Å²) in [5.74, 6) is 0. The molecular formula is C33H27NOSSi. The van der Waals surface area contributed by atoms with Gasteiger partial charge < -0.3 is 8.98 Å². The van der Waals surface area contributed by atoms with E-state index in [9.17, 15) is 0 Å². The van der Waals surface area contributed by atoms with Gasteiger partial charge in [0.05, 0.1) is 5.52 Å². The van der Waals surface area contributed by atoms with Crippen molar-refractivity contribution in [2.75, 3.05) is 0 Å². The number of aromatic nitrogens is 1.